The highest BCUT2D eigenvalue weighted by molar-refractivity contribution is 5.73. The number of nitrogens with one attached hydrogen (secondary N) is 1. The number of carbonyl (C=O) groups excluding carboxylic acids is 1. The molecule has 0 spiro atoms. The fraction of sp³-hybridized carbons (Fsp3) is 0.933. The summed E-state index contributed by atoms with van der Waals surface area (Å²) in [5, 5.41) is 31.7. The molecule has 0 bridgehead atoms. The van der Waals surface area contributed by atoms with Crippen LogP contribution in [0.15, 0.2) is 0 Å². The summed E-state index contributed by atoms with van der Waals surface area (Å²) in [4.78, 5) is 11.2. The lowest BCUT2D eigenvalue weighted by molar-refractivity contribution is -0.270. The van der Waals surface area contributed by atoms with E-state index in [2.05, 4.69) is 12.2 Å². The van der Waals surface area contributed by atoms with Gasteiger partial charge in [0.2, 0.25) is 5.91 Å². The van der Waals surface area contributed by atoms with Crippen molar-refractivity contribution in [2.45, 2.75) is 76.6 Å². The van der Waals surface area contributed by atoms with Crippen LogP contribution in [0.1, 0.15) is 46.0 Å². The van der Waals surface area contributed by atoms with Crippen molar-refractivity contribution < 1.29 is 29.6 Å². The number of carbonyl (C=O) groups is 1. The van der Waals surface area contributed by atoms with Crippen LogP contribution in [0, 0.1) is 0 Å². The normalized spacial score (nSPS) is 32.0. The number of aliphatic hydroxyl groups excluding tert-OH is 3. The fourth-order valence-corrected chi connectivity index (χ4v) is 2.52. The van der Waals surface area contributed by atoms with E-state index >= 15 is 0 Å². The molecule has 1 fully saturated rings. The molecule has 4 N–H and O–H groups in total. The molecule has 0 aromatic heterocycles. The third-order valence-electron chi connectivity index (χ3n) is 3.78. The van der Waals surface area contributed by atoms with Crippen molar-refractivity contribution in [3.05, 3.63) is 0 Å². The first-order chi connectivity index (χ1) is 10.5. The average molecular weight is 319 g/mol. The minimum Gasteiger partial charge on any atom is -0.394 e. The average Bonchev–Trinajstić information content (AvgIpc) is 2.49. The molecule has 1 amide bonds. The van der Waals surface area contributed by atoms with Crippen LogP contribution in [0.5, 0.6) is 0 Å². The Kier molecular flexibility index (Phi) is 8.89. The Hall–Kier alpha value is -0.730. The van der Waals surface area contributed by atoms with Crippen molar-refractivity contribution in [1.82, 2.24) is 5.32 Å². The topological polar surface area (TPSA) is 108 Å². The summed E-state index contributed by atoms with van der Waals surface area (Å²) in [5.41, 5.74) is 0. The number of rotatable bonds is 9. The van der Waals surface area contributed by atoms with E-state index < -0.39 is 37.3 Å². The molecule has 7 heteroatoms. The van der Waals surface area contributed by atoms with E-state index in [0.29, 0.717) is 6.61 Å². The molecule has 0 aliphatic carbocycles. The molecule has 0 aromatic carbocycles. The second kappa shape index (κ2) is 10.1. The number of aliphatic hydroxyl groups is 3. The number of hydrogen-bond acceptors (Lipinski definition) is 6. The van der Waals surface area contributed by atoms with E-state index in [1.54, 1.807) is 0 Å². The molecule has 1 aliphatic rings. The van der Waals surface area contributed by atoms with Crippen molar-refractivity contribution in [1.29, 1.82) is 0 Å². The Bertz CT molecular complexity index is 327. The highest BCUT2D eigenvalue weighted by Crippen LogP contribution is 2.22. The van der Waals surface area contributed by atoms with Gasteiger partial charge in [0.05, 0.1) is 6.61 Å². The van der Waals surface area contributed by atoms with Gasteiger partial charge < -0.3 is 30.1 Å². The van der Waals surface area contributed by atoms with Gasteiger partial charge in [-0.05, 0) is 6.42 Å². The van der Waals surface area contributed by atoms with Gasteiger partial charge in [0.25, 0.3) is 0 Å². The standard InChI is InChI=1S/C15H29NO6/c1-3-4-5-6-7-8-21-15-12(16-10(2)18)14(20)13(19)11(9-17)22-15/h11-15,17,19-20H,3-9H2,1-2H3,(H,16,18)/t11?,12?,13-,14?,15+/m0/s1. The lowest BCUT2D eigenvalue weighted by Gasteiger charge is -2.42. The van der Waals surface area contributed by atoms with Crippen LogP contribution in [0.25, 0.3) is 0 Å². The van der Waals surface area contributed by atoms with Crippen LogP contribution in [0.2, 0.25) is 0 Å². The van der Waals surface area contributed by atoms with Gasteiger partial charge >= 0.3 is 0 Å². The zero-order valence-corrected chi connectivity index (χ0v) is 13.4. The van der Waals surface area contributed by atoms with Crippen LogP contribution in [0.3, 0.4) is 0 Å². The summed E-state index contributed by atoms with van der Waals surface area (Å²) in [7, 11) is 0. The van der Waals surface area contributed by atoms with Crippen molar-refractivity contribution >= 4 is 5.91 Å². The molecule has 1 rings (SSSR count). The van der Waals surface area contributed by atoms with Gasteiger partial charge in [-0.2, -0.15) is 0 Å². The highest BCUT2D eigenvalue weighted by atomic mass is 16.7. The maximum Gasteiger partial charge on any atom is 0.217 e. The zero-order valence-electron chi connectivity index (χ0n) is 13.4. The van der Waals surface area contributed by atoms with Crippen molar-refractivity contribution in [2.24, 2.45) is 0 Å². The zero-order chi connectivity index (χ0) is 16.5. The smallest absolute Gasteiger partial charge is 0.217 e. The van der Waals surface area contributed by atoms with E-state index in [0.717, 1.165) is 19.3 Å². The maximum atomic E-state index is 11.2. The van der Waals surface area contributed by atoms with Crippen LogP contribution in [-0.2, 0) is 14.3 Å². The van der Waals surface area contributed by atoms with E-state index in [9.17, 15) is 20.1 Å². The van der Waals surface area contributed by atoms with E-state index in [1.165, 1.54) is 19.8 Å². The van der Waals surface area contributed by atoms with Crippen molar-refractivity contribution in [3.63, 3.8) is 0 Å². The maximum absolute atomic E-state index is 11.2. The first kappa shape index (κ1) is 19.3. The predicted molar refractivity (Wildman–Crippen MR) is 80.1 cm³/mol. The molecule has 1 heterocycles. The van der Waals surface area contributed by atoms with Gasteiger partial charge in [-0.3, -0.25) is 4.79 Å². The Labute approximate surface area is 131 Å². The Balaban J connectivity index is 2.52. The molecule has 5 atom stereocenters. The van der Waals surface area contributed by atoms with Crippen molar-refractivity contribution in [3.8, 4) is 0 Å². The van der Waals surface area contributed by atoms with Crippen LogP contribution in [0.4, 0.5) is 0 Å². The lowest BCUT2D eigenvalue weighted by atomic mass is 9.97. The molecule has 0 aromatic rings. The Morgan fingerprint density at radius 2 is 1.86 bits per heavy atom. The van der Waals surface area contributed by atoms with Crippen LogP contribution in [-0.4, -0.2) is 65.1 Å². The molecule has 7 nitrogen and oxygen atoms in total. The largest absolute Gasteiger partial charge is 0.394 e. The Morgan fingerprint density at radius 3 is 2.45 bits per heavy atom. The van der Waals surface area contributed by atoms with Crippen LogP contribution >= 0.6 is 0 Å². The van der Waals surface area contributed by atoms with Gasteiger partial charge in [0, 0.05) is 13.5 Å². The molecule has 130 valence electrons. The fourth-order valence-electron chi connectivity index (χ4n) is 2.52. The summed E-state index contributed by atoms with van der Waals surface area (Å²) in [6, 6.07) is -0.856. The molecule has 0 saturated carbocycles. The molecule has 1 aliphatic heterocycles. The first-order valence-corrected chi connectivity index (χ1v) is 8.02. The van der Waals surface area contributed by atoms with Crippen molar-refractivity contribution in [2.75, 3.05) is 13.2 Å². The second-order valence-electron chi connectivity index (χ2n) is 5.72. The number of amides is 1. The van der Waals surface area contributed by atoms with Gasteiger partial charge in [-0.1, -0.05) is 32.6 Å². The third kappa shape index (κ3) is 5.81. The number of unbranched alkanes of at least 4 members (excludes halogenated alkanes) is 4. The molecule has 0 radical (unpaired) electrons. The van der Waals surface area contributed by atoms with E-state index in [4.69, 9.17) is 9.47 Å². The quantitative estimate of drug-likeness (QED) is 0.443. The molecular formula is C15H29NO6. The SMILES string of the molecule is CCCCCCCO[C@@H]1OC(CO)[C@H](O)C(O)C1NC(C)=O. The minimum atomic E-state index is -1.27. The lowest BCUT2D eigenvalue weighted by Crippen LogP contribution is -2.64. The van der Waals surface area contributed by atoms with Gasteiger partial charge in [0.15, 0.2) is 6.29 Å². The molecule has 3 unspecified atom stereocenters. The second-order valence-corrected chi connectivity index (χ2v) is 5.72. The van der Waals surface area contributed by atoms with Crippen LogP contribution < -0.4 is 5.32 Å². The van der Waals surface area contributed by atoms with Gasteiger partial charge in [-0.25, -0.2) is 0 Å². The first-order valence-electron chi connectivity index (χ1n) is 8.02. The Morgan fingerprint density at radius 1 is 1.18 bits per heavy atom. The third-order valence-corrected chi connectivity index (χ3v) is 3.78. The summed E-state index contributed by atoms with van der Waals surface area (Å²) >= 11 is 0. The molecule has 1 saturated heterocycles. The minimum absolute atomic E-state index is 0.348. The monoisotopic (exact) mass is 319 g/mol. The van der Waals surface area contributed by atoms with E-state index in [-0.39, 0.29) is 5.91 Å². The van der Waals surface area contributed by atoms with E-state index in [1.807, 2.05) is 0 Å². The predicted octanol–water partition coefficient (Wildman–Crippen LogP) is -0.0829. The number of ether oxygens (including phenoxy) is 2. The molecular weight excluding hydrogens is 290 g/mol. The summed E-state index contributed by atoms with van der Waals surface area (Å²) in [6.45, 7) is 3.47. The number of hydrogen-bond donors (Lipinski definition) is 4. The summed E-state index contributed by atoms with van der Waals surface area (Å²) in [6.07, 6.45) is 1.06. The van der Waals surface area contributed by atoms with Gasteiger partial charge in [0.1, 0.15) is 24.4 Å². The summed E-state index contributed by atoms with van der Waals surface area (Å²) in [5.74, 6) is -0.348. The van der Waals surface area contributed by atoms with Gasteiger partial charge in [-0.15, -0.1) is 0 Å². The summed E-state index contributed by atoms with van der Waals surface area (Å²) < 4.78 is 11.1. The highest BCUT2D eigenvalue weighted by Gasteiger charge is 2.45. The molecule has 22 heavy (non-hydrogen) atoms.